The number of nitrogens with one attached hydrogen (secondary N) is 2. The number of hydrogen-bond acceptors (Lipinski definition) is 8. The van der Waals surface area contributed by atoms with Gasteiger partial charge in [-0.2, -0.15) is 13.2 Å². The van der Waals surface area contributed by atoms with Gasteiger partial charge < -0.3 is 34.3 Å². The van der Waals surface area contributed by atoms with Crippen LogP contribution in [0.3, 0.4) is 0 Å². The lowest BCUT2D eigenvalue weighted by Gasteiger charge is -2.39. The van der Waals surface area contributed by atoms with Crippen LogP contribution in [0.2, 0.25) is 0 Å². The SMILES string of the molecule is CO[C@@H]1[C@@H](NC(=O)C(F)(F)F)C[C@H](Oc2ccc(C(NC(=O)OC(C)(C)C)C(=O)OCc3ccccc3)cc2)O[C@H]1C. The second-order valence-electron chi connectivity index (χ2n) is 10.6. The van der Waals surface area contributed by atoms with Crippen LogP contribution in [0.15, 0.2) is 54.6 Å². The lowest BCUT2D eigenvalue weighted by Crippen LogP contribution is -2.58. The molecule has 0 spiro atoms. The lowest BCUT2D eigenvalue weighted by atomic mass is 9.99. The number of amides is 2. The Labute approximate surface area is 241 Å². The van der Waals surface area contributed by atoms with Crippen molar-refractivity contribution in [3.05, 3.63) is 65.7 Å². The number of carbonyl (C=O) groups is 3. The van der Waals surface area contributed by atoms with E-state index in [1.807, 2.05) is 11.4 Å². The summed E-state index contributed by atoms with van der Waals surface area (Å²) in [4.78, 5) is 37.1. The zero-order valence-electron chi connectivity index (χ0n) is 23.9. The standard InChI is InChI=1S/C29H35F3N2O8/c1-17-24(38-5)21(33-26(36)29(30,31)32)15-22(40-17)41-20-13-11-19(12-14-20)23(34-27(37)42-28(2,3)4)25(35)39-16-18-9-7-6-8-10-18/h6-14,17,21-24H,15-16H2,1-5H3,(H,33,36)(H,34,37)/t17-,21-,22-,23?,24-/m0/s1. The maximum Gasteiger partial charge on any atom is 0.471 e. The molecule has 5 atom stereocenters. The highest BCUT2D eigenvalue weighted by Gasteiger charge is 2.44. The lowest BCUT2D eigenvalue weighted by molar-refractivity contribution is -0.203. The van der Waals surface area contributed by atoms with E-state index in [1.165, 1.54) is 31.4 Å². The Morgan fingerprint density at radius 2 is 1.67 bits per heavy atom. The maximum atomic E-state index is 13.0. The summed E-state index contributed by atoms with van der Waals surface area (Å²) in [6, 6.07) is 12.8. The number of methoxy groups -OCH3 is 1. The summed E-state index contributed by atoms with van der Waals surface area (Å²) in [5.41, 5.74) is 0.308. The summed E-state index contributed by atoms with van der Waals surface area (Å²) in [7, 11) is 1.31. The first-order chi connectivity index (χ1) is 19.7. The van der Waals surface area contributed by atoms with Crippen LogP contribution in [0.25, 0.3) is 0 Å². The first kappa shape index (κ1) is 32.7. The minimum absolute atomic E-state index is 0.0148. The van der Waals surface area contributed by atoms with Gasteiger partial charge in [0.15, 0.2) is 6.04 Å². The molecule has 10 nitrogen and oxygen atoms in total. The molecule has 0 bridgehead atoms. The van der Waals surface area contributed by atoms with Crippen molar-refractivity contribution in [2.75, 3.05) is 7.11 Å². The van der Waals surface area contributed by atoms with Crippen molar-refractivity contribution in [2.24, 2.45) is 0 Å². The molecular weight excluding hydrogens is 561 g/mol. The number of rotatable bonds is 9. The summed E-state index contributed by atoms with van der Waals surface area (Å²) in [6.45, 7) is 6.63. The minimum Gasteiger partial charge on any atom is -0.465 e. The predicted molar refractivity (Wildman–Crippen MR) is 143 cm³/mol. The fourth-order valence-corrected chi connectivity index (χ4v) is 4.27. The third-order valence-corrected chi connectivity index (χ3v) is 6.12. The molecule has 13 heteroatoms. The highest BCUT2D eigenvalue weighted by atomic mass is 19.4. The van der Waals surface area contributed by atoms with Crippen LogP contribution in [0.4, 0.5) is 18.0 Å². The summed E-state index contributed by atoms with van der Waals surface area (Å²) in [6.07, 6.45) is -8.55. The number of benzene rings is 2. The van der Waals surface area contributed by atoms with Gasteiger partial charge >= 0.3 is 24.1 Å². The zero-order valence-corrected chi connectivity index (χ0v) is 23.9. The van der Waals surface area contributed by atoms with Gasteiger partial charge in [0.25, 0.3) is 0 Å². The van der Waals surface area contributed by atoms with Gasteiger partial charge in [-0.25, -0.2) is 9.59 Å². The number of alkyl halides is 3. The van der Waals surface area contributed by atoms with Crippen molar-refractivity contribution in [3.8, 4) is 5.75 Å². The van der Waals surface area contributed by atoms with E-state index in [-0.39, 0.29) is 18.8 Å². The molecule has 1 unspecified atom stereocenters. The number of halogens is 3. The molecule has 42 heavy (non-hydrogen) atoms. The first-order valence-corrected chi connectivity index (χ1v) is 13.2. The predicted octanol–water partition coefficient (Wildman–Crippen LogP) is 4.57. The van der Waals surface area contributed by atoms with E-state index >= 15 is 0 Å². The molecule has 3 rings (SSSR count). The van der Waals surface area contributed by atoms with Crippen LogP contribution in [0.1, 0.15) is 51.3 Å². The van der Waals surface area contributed by atoms with Crippen LogP contribution in [-0.4, -0.2) is 61.4 Å². The van der Waals surface area contributed by atoms with Gasteiger partial charge in [0.2, 0.25) is 6.29 Å². The van der Waals surface area contributed by atoms with E-state index in [0.29, 0.717) is 5.56 Å². The van der Waals surface area contributed by atoms with Crippen molar-refractivity contribution >= 4 is 18.0 Å². The highest BCUT2D eigenvalue weighted by molar-refractivity contribution is 5.83. The average molecular weight is 597 g/mol. The summed E-state index contributed by atoms with van der Waals surface area (Å²) >= 11 is 0. The maximum absolute atomic E-state index is 13.0. The Morgan fingerprint density at radius 3 is 2.24 bits per heavy atom. The van der Waals surface area contributed by atoms with E-state index in [0.717, 1.165) is 5.56 Å². The van der Waals surface area contributed by atoms with Crippen molar-refractivity contribution in [2.45, 2.75) is 83.1 Å². The summed E-state index contributed by atoms with van der Waals surface area (Å²) in [5, 5.41) is 4.48. The quantitative estimate of drug-likeness (QED) is 0.404. The number of hydrogen-bond donors (Lipinski definition) is 2. The van der Waals surface area contributed by atoms with Crippen LogP contribution < -0.4 is 15.4 Å². The molecule has 2 N–H and O–H groups in total. The molecule has 0 radical (unpaired) electrons. The molecule has 2 aromatic rings. The van der Waals surface area contributed by atoms with Crippen LogP contribution in [0, 0.1) is 0 Å². The Kier molecular flexibility index (Phi) is 10.8. The summed E-state index contributed by atoms with van der Waals surface area (Å²) in [5.74, 6) is -2.55. The van der Waals surface area contributed by atoms with Crippen molar-refractivity contribution in [3.63, 3.8) is 0 Å². The Hall–Kier alpha value is -3.84. The average Bonchev–Trinajstić information content (AvgIpc) is 2.90. The minimum atomic E-state index is -5.06. The van der Waals surface area contributed by atoms with Crippen LogP contribution >= 0.6 is 0 Å². The normalized spacial score (nSPS) is 21.5. The Balaban J connectivity index is 1.73. The largest absolute Gasteiger partial charge is 0.471 e. The van der Waals surface area contributed by atoms with Crippen LogP contribution in [-0.2, 0) is 35.1 Å². The number of esters is 1. The third-order valence-electron chi connectivity index (χ3n) is 6.12. The topological polar surface area (TPSA) is 121 Å². The molecule has 2 amide bonds. The number of alkyl carbamates (subject to hydrolysis) is 1. The van der Waals surface area contributed by atoms with E-state index in [2.05, 4.69) is 5.32 Å². The molecule has 0 aromatic heterocycles. The molecule has 1 aliphatic heterocycles. The number of carbonyl (C=O) groups excluding carboxylic acids is 3. The fourth-order valence-electron chi connectivity index (χ4n) is 4.27. The van der Waals surface area contributed by atoms with Crippen molar-refractivity contribution in [1.29, 1.82) is 0 Å². The monoisotopic (exact) mass is 596 g/mol. The molecule has 2 aromatic carbocycles. The second-order valence-corrected chi connectivity index (χ2v) is 10.6. The molecule has 0 aliphatic carbocycles. The van der Waals surface area contributed by atoms with Gasteiger partial charge in [-0.3, -0.25) is 4.79 Å². The first-order valence-electron chi connectivity index (χ1n) is 13.2. The zero-order chi connectivity index (χ0) is 31.1. The van der Waals surface area contributed by atoms with Crippen molar-refractivity contribution < 1.29 is 51.2 Å². The smallest absolute Gasteiger partial charge is 0.465 e. The molecule has 230 valence electrons. The molecular formula is C29H35F3N2O8. The molecule has 1 saturated heterocycles. The highest BCUT2D eigenvalue weighted by Crippen LogP contribution is 2.28. The van der Waals surface area contributed by atoms with Gasteiger partial charge in [0, 0.05) is 13.5 Å². The van der Waals surface area contributed by atoms with Gasteiger partial charge in [-0.1, -0.05) is 42.5 Å². The van der Waals surface area contributed by atoms with E-state index in [9.17, 15) is 27.6 Å². The third kappa shape index (κ3) is 9.62. The van der Waals surface area contributed by atoms with E-state index in [4.69, 9.17) is 23.7 Å². The molecule has 1 aliphatic rings. The van der Waals surface area contributed by atoms with Crippen molar-refractivity contribution in [1.82, 2.24) is 10.6 Å². The molecule has 1 heterocycles. The Morgan fingerprint density at radius 1 is 1.02 bits per heavy atom. The van der Waals surface area contributed by atoms with Crippen LogP contribution in [0.5, 0.6) is 5.75 Å². The fraction of sp³-hybridized carbons (Fsp3) is 0.483. The van der Waals surface area contributed by atoms with Gasteiger partial charge in [0.05, 0.1) is 12.1 Å². The Bertz CT molecular complexity index is 1200. The van der Waals surface area contributed by atoms with Gasteiger partial charge in [-0.15, -0.1) is 0 Å². The van der Waals surface area contributed by atoms with Gasteiger partial charge in [0.1, 0.15) is 24.1 Å². The molecule has 1 fully saturated rings. The van der Waals surface area contributed by atoms with E-state index in [1.54, 1.807) is 52.0 Å². The molecule has 0 saturated carbocycles. The number of ether oxygens (including phenoxy) is 5. The van der Waals surface area contributed by atoms with Gasteiger partial charge in [-0.05, 0) is 51.0 Å². The second kappa shape index (κ2) is 13.9. The van der Waals surface area contributed by atoms with E-state index < -0.39 is 60.3 Å². The summed E-state index contributed by atoms with van der Waals surface area (Å²) < 4.78 is 66.1.